The molecular formula is C13H18N2O5S. The Bertz CT molecular complexity index is 503. The lowest BCUT2D eigenvalue weighted by Gasteiger charge is -2.26. The maximum atomic E-state index is 12.0. The van der Waals surface area contributed by atoms with Crippen LogP contribution in [0.3, 0.4) is 0 Å². The SMILES string of the molecule is CC(Cc1cccs1)N(C)C(=O)NC(CC(=O)O)C(=O)O. The number of carbonyl (C=O) groups is 3. The van der Waals surface area contributed by atoms with Crippen molar-refractivity contribution in [3.05, 3.63) is 22.4 Å². The molecule has 0 saturated heterocycles. The van der Waals surface area contributed by atoms with E-state index in [4.69, 9.17) is 10.2 Å². The minimum Gasteiger partial charge on any atom is -0.481 e. The Hall–Kier alpha value is -2.09. The molecule has 0 bridgehead atoms. The highest BCUT2D eigenvalue weighted by atomic mass is 32.1. The molecular weight excluding hydrogens is 296 g/mol. The van der Waals surface area contributed by atoms with Gasteiger partial charge in [0.2, 0.25) is 0 Å². The molecule has 21 heavy (non-hydrogen) atoms. The number of aliphatic carboxylic acids is 2. The number of urea groups is 1. The lowest BCUT2D eigenvalue weighted by molar-refractivity contribution is -0.145. The minimum atomic E-state index is -1.44. The van der Waals surface area contributed by atoms with Crippen LogP contribution in [0.15, 0.2) is 17.5 Å². The summed E-state index contributed by atoms with van der Waals surface area (Å²) in [5, 5.41) is 21.7. The van der Waals surface area contributed by atoms with Gasteiger partial charge in [0, 0.05) is 24.4 Å². The quantitative estimate of drug-likeness (QED) is 0.702. The van der Waals surface area contributed by atoms with E-state index >= 15 is 0 Å². The second-order valence-electron chi connectivity index (χ2n) is 4.68. The van der Waals surface area contributed by atoms with Crippen molar-refractivity contribution in [3.63, 3.8) is 0 Å². The van der Waals surface area contributed by atoms with Crippen molar-refractivity contribution < 1.29 is 24.6 Å². The molecule has 7 nitrogen and oxygen atoms in total. The number of carboxylic acid groups (broad SMARTS) is 2. The van der Waals surface area contributed by atoms with E-state index in [1.807, 2.05) is 24.4 Å². The zero-order chi connectivity index (χ0) is 16.0. The van der Waals surface area contributed by atoms with E-state index in [2.05, 4.69) is 5.32 Å². The van der Waals surface area contributed by atoms with Crippen LogP contribution in [0.1, 0.15) is 18.2 Å². The highest BCUT2D eigenvalue weighted by molar-refractivity contribution is 7.09. The molecule has 3 N–H and O–H groups in total. The fraction of sp³-hybridized carbons (Fsp3) is 0.462. The molecule has 116 valence electrons. The van der Waals surface area contributed by atoms with Crippen LogP contribution in [0, 0.1) is 0 Å². The molecule has 0 radical (unpaired) electrons. The molecule has 0 aliphatic rings. The van der Waals surface area contributed by atoms with Crippen molar-refractivity contribution in [1.82, 2.24) is 10.2 Å². The number of thiophene rings is 1. The first-order chi connectivity index (χ1) is 9.81. The van der Waals surface area contributed by atoms with E-state index in [1.54, 1.807) is 18.4 Å². The fourth-order valence-electron chi connectivity index (χ4n) is 1.68. The van der Waals surface area contributed by atoms with Crippen molar-refractivity contribution in [2.45, 2.75) is 31.8 Å². The van der Waals surface area contributed by atoms with E-state index < -0.39 is 30.4 Å². The number of nitrogens with zero attached hydrogens (tertiary/aromatic N) is 1. The molecule has 0 saturated carbocycles. The fourth-order valence-corrected chi connectivity index (χ4v) is 2.51. The van der Waals surface area contributed by atoms with Gasteiger partial charge >= 0.3 is 18.0 Å². The number of carbonyl (C=O) groups excluding carboxylic acids is 1. The summed E-state index contributed by atoms with van der Waals surface area (Å²) in [4.78, 5) is 36.0. The summed E-state index contributed by atoms with van der Waals surface area (Å²) in [5.74, 6) is -2.65. The molecule has 2 atom stereocenters. The number of rotatable bonds is 7. The molecule has 2 amide bonds. The van der Waals surface area contributed by atoms with Gasteiger partial charge in [-0.05, 0) is 18.4 Å². The van der Waals surface area contributed by atoms with Crippen LogP contribution in [0.5, 0.6) is 0 Å². The van der Waals surface area contributed by atoms with Gasteiger partial charge in [-0.15, -0.1) is 11.3 Å². The predicted octanol–water partition coefficient (Wildman–Crippen LogP) is 1.25. The molecule has 1 aromatic rings. The number of hydrogen-bond donors (Lipinski definition) is 3. The van der Waals surface area contributed by atoms with Crippen LogP contribution in [-0.2, 0) is 16.0 Å². The second-order valence-corrected chi connectivity index (χ2v) is 5.71. The first-order valence-electron chi connectivity index (χ1n) is 6.31. The summed E-state index contributed by atoms with van der Waals surface area (Å²) in [6, 6.07) is 1.69. The van der Waals surface area contributed by atoms with Gasteiger partial charge in [0.1, 0.15) is 6.04 Å². The maximum absolute atomic E-state index is 12.0. The largest absolute Gasteiger partial charge is 0.481 e. The number of carboxylic acids is 2. The van der Waals surface area contributed by atoms with E-state index in [-0.39, 0.29) is 6.04 Å². The van der Waals surface area contributed by atoms with Crippen molar-refractivity contribution in [1.29, 1.82) is 0 Å². The van der Waals surface area contributed by atoms with Crippen molar-refractivity contribution in [3.8, 4) is 0 Å². The average Bonchev–Trinajstić information content (AvgIpc) is 2.88. The summed E-state index contributed by atoms with van der Waals surface area (Å²) in [7, 11) is 1.55. The van der Waals surface area contributed by atoms with Gasteiger partial charge in [0.25, 0.3) is 0 Å². The third-order valence-electron chi connectivity index (χ3n) is 3.03. The van der Waals surface area contributed by atoms with Gasteiger partial charge in [-0.2, -0.15) is 0 Å². The van der Waals surface area contributed by atoms with E-state index in [9.17, 15) is 14.4 Å². The lowest BCUT2D eigenvalue weighted by atomic mass is 10.2. The molecule has 8 heteroatoms. The standard InChI is InChI=1S/C13H18N2O5S/c1-8(6-9-4-3-5-21-9)15(2)13(20)14-10(12(18)19)7-11(16)17/h3-5,8,10H,6-7H2,1-2H3,(H,14,20)(H,16,17)(H,18,19). The molecule has 1 rings (SSSR count). The van der Waals surface area contributed by atoms with E-state index in [1.165, 1.54) is 4.90 Å². The zero-order valence-corrected chi connectivity index (χ0v) is 12.6. The predicted molar refractivity (Wildman–Crippen MR) is 77.5 cm³/mol. The third kappa shape index (κ3) is 5.42. The molecule has 0 aromatic carbocycles. The summed E-state index contributed by atoms with van der Waals surface area (Å²) in [5.41, 5.74) is 0. The first-order valence-corrected chi connectivity index (χ1v) is 7.19. The van der Waals surface area contributed by atoms with E-state index in [0.29, 0.717) is 6.42 Å². The Kier molecular flexibility index (Phi) is 6.16. The maximum Gasteiger partial charge on any atom is 0.326 e. The second kappa shape index (κ2) is 7.63. The van der Waals surface area contributed by atoms with Gasteiger partial charge in [-0.1, -0.05) is 6.07 Å². The average molecular weight is 314 g/mol. The Labute approximate surface area is 126 Å². The molecule has 0 aliphatic heterocycles. The highest BCUT2D eigenvalue weighted by Gasteiger charge is 2.26. The van der Waals surface area contributed by atoms with Crippen LogP contribution in [0.4, 0.5) is 4.79 Å². The summed E-state index contributed by atoms with van der Waals surface area (Å²) >= 11 is 1.58. The number of amides is 2. The number of nitrogens with one attached hydrogen (secondary N) is 1. The van der Waals surface area contributed by atoms with Gasteiger partial charge < -0.3 is 20.4 Å². The number of likely N-dealkylation sites (N-methyl/N-ethyl adjacent to an activating group) is 1. The van der Waals surface area contributed by atoms with Crippen molar-refractivity contribution in [2.75, 3.05) is 7.05 Å². The zero-order valence-electron chi connectivity index (χ0n) is 11.8. The van der Waals surface area contributed by atoms with Crippen molar-refractivity contribution in [2.24, 2.45) is 0 Å². The van der Waals surface area contributed by atoms with Crippen molar-refractivity contribution >= 4 is 29.3 Å². The van der Waals surface area contributed by atoms with Crippen LogP contribution in [0.2, 0.25) is 0 Å². The van der Waals surface area contributed by atoms with E-state index in [0.717, 1.165) is 4.88 Å². The molecule has 0 aliphatic carbocycles. The Balaban J connectivity index is 2.59. The monoisotopic (exact) mass is 314 g/mol. The highest BCUT2D eigenvalue weighted by Crippen LogP contribution is 2.13. The molecule has 1 aromatic heterocycles. The molecule has 2 unspecified atom stereocenters. The van der Waals surface area contributed by atoms with Crippen LogP contribution >= 0.6 is 11.3 Å². The number of hydrogen-bond acceptors (Lipinski definition) is 4. The topological polar surface area (TPSA) is 107 Å². The lowest BCUT2D eigenvalue weighted by Crippen LogP contribution is -2.50. The molecule has 0 spiro atoms. The van der Waals surface area contributed by atoms with Crippen LogP contribution < -0.4 is 5.32 Å². The molecule has 0 fully saturated rings. The normalized spacial score (nSPS) is 13.2. The minimum absolute atomic E-state index is 0.136. The van der Waals surface area contributed by atoms with Crippen LogP contribution in [0.25, 0.3) is 0 Å². The Morgan fingerprint density at radius 1 is 1.38 bits per heavy atom. The smallest absolute Gasteiger partial charge is 0.326 e. The third-order valence-corrected chi connectivity index (χ3v) is 3.93. The van der Waals surface area contributed by atoms with Crippen LogP contribution in [-0.4, -0.2) is 52.2 Å². The summed E-state index contributed by atoms with van der Waals surface area (Å²) in [6.45, 7) is 1.84. The summed E-state index contributed by atoms with van der Waals surface area (Å²) < 4.78 is 0. The Morgan fingerprint density at radius 3 is 2.52 bits per heavy atom. The van der Waals surface area contributed by atoms with Gasteiger partial charge in [0.05, 0.1) is 6.42 Å². The van der Waals surface area contributed by atoms with Gasteiger partial charge in [-0.3, -0.25) is 4.79 Å². The first kappa shape index (κ1) is 17.0. The Morgan fingerprint density at radius 2 is 2.05 bits per heavy atom. The van der Waals surface area contributed by atoms with Gasteiger partial charge in [0.15, 0.2) is 0 Å². The molecule has 1 heterocycles. The van der Waals surface area contributed by atoms with Gasteiger partial charge in [-0.25, -0.2) is 9.59 Å². The summed E-state index contributed by atoms with van der Waals surface area (Å²) in [6.07, 6.45) is -0.00747.